The predicted octanol–water partition coefficient (Wildman–Crippen LogP) is 0.878. The van der Waals surface area contributed by atoms with Crippen molar-refractivity contribution < 1.29 is 8.78 Å². The number of H-pyrrole nitrogens is 1. The maximum absolute atomic E-state index is 13.9. The molecule has 106 valence electrons. The first kappa shape index (κ1) is 12.9. The Hall–Kier alpha value is -3.10. The van der Waals surface area contributed by atoms with Crippen LogP contribution < -0.4 is 11.4 Å². The summed E-state index contributed by atoms with van der Waals surface area (Å²) in [7, 11) is 0. The van der Waals surface area contributed by atoms with Crippen molar-refractivity contribution in [2.75, 3.05) is 5.73 Å². The summed E-state index contributed by atoms with van der Waals surface area (Å²) in [5.41, 5.74) is 4.70. The number of nitrogens with one attached hydrogen (secondary N) is 1. The summed E-state index contributed by atoms with van der Waals surface area (Å²) in [6, 6.07) is 3.46. The average molecular weight is 290 g/mol. The molecule has 7 nitrogen and oxygen atoms in total. The van der Waals surface area contributed by atoms with Crippen molar-refractivity contribution in [1.82, 2.24) is 24.7 Å². The van der Waals surface area contributed by atoms with Gasteiger partial charge in [0.2, 0.25) is 0 Å². The van der Waals surface area contributed by atoms with Crippen molar-refractivity contribution in [3.8, 4) is 17.2 Å². The lowest BCUT2D eigenvalue weighted by atomic mass is 10.2. The molecule has 0 saturated carbocycles. The highest BCUT2D eigenvalue weighted by Gasteiger charge is 2.20. The first-order valence-corrected chi connectivity index (χ1v) is 5.78. The third kappa shape index (κ3) is 2.04. The number of nitrogen functional groups attached to an aromatic ring is 1. The molecule has 0 saturated heterocycles. The fourth-order valence-corrected chi connectivity index (χ4v) is 1.87. The summed E-state index contributed by atoms with van der Waals surface area (Å²) in [6.45, 7) is 0. The minimum absolute atomic E-state index is 0.00885. The SMILES string of the molecule is Nc1nccnc1-c1n[nH]c(=O)n1-c1cccc(F)c1F. The first-order chi connectivity index (χ1) is 10.1. The molecule has 0 aliphatic rings. The van der Waals surface area contributed by atoms with E-state index in [1.807, 2.05) is 0 Å². The number of nitrogens with zero attached hydrogens (tertiary/aromatic N) is 4. The number of nitrogens with two attached hydrogens (primary N) is 1. The number of halogens is 2. The fraction of sp³-hybridized carbons (Fsp3) is 0. The number of rotatable bonds is 2. The Morgan fingerprint density at radius 3 is 2.71 bits per heavy atom. The van der Waals surface area contributed by atoms with E-state index in [-0.39, 0.29) is 23.0 Å². The summed E-state index contributed by atoms with van der Waals surface area (Å²) in [5.74, 6) is -2.31. The number of benzene rings is 1. The number of anilines is 1. The van der Waals surface area contributed by atoms with E-state index >= 15 is 0 Å². The van der Waals surface area contributed by atoms with Gasteiger partial charge in [-0.15, -0.1) is 0 Å². The van der Waals surface area contributed by atoms with Crippen LogP contribution >= 0.6 is 0 Å². The van der Waals surface area contributed by atoms with E-state index in [9.17, 15) is 13.6 Å². The zero-order valence-corrected chi connectivity index (χ0v) is 10.4. The zero-order chi connectivity index (χ0) is 15.0. The molecule has 0 radical (unpaired) electrons. The van der Waals surface area contributed by atoms with E-state index in [1.165, 1.54) is 24.5 Å². The van der Waals surface area contributed by atoms with Gasteiger partial charge in [0.15, 0.2) is 29.0 Å². The summed E-state index contributed by atoms with van der Waals surface area (Å²) >= 11 is 0. The Morgan fingerprint density at radius 1 is 1.19 bits per heavy atom. The van der Waals surface area contributed by atoms with Crippen LogP contribution in [0.15, 0.2) is 35.4 Å². The maximum Gasteiger partial charge on any atom is 0.348 e. The number of aromatic amines is 1. The molecule has 2 aromatic heterocycles. The lowest BCUT2D eigenvalue weighted by Crippen LogP contribution is -2.18. The molecule has 0 bridgehead atoms. The van der Waals surface area contributed by atoms with E-state index < -0.39 is 17.3 Å². The van der Waals surface area contributed by atoms with Gasteiger partial charge in [-0.2, -0.15) is 5.10 Å². The lowest BCUT2D eigenvalue weighted by Gasteiger charge is -2.07. The van der Waals surface area contributed by atoms with Gasteiger partial charge in [0.1, 0.15) is 0 Å². The number of hydrogen-bond acceptors (Lipinski definition) is 5. The Balaban J connectivity index is 2.31. The smallest absolute Gasteiger partial charge is 0.348 e. The summed E-state index contributed by atoms with van der Waals surface area (Å²) in [6.07, 6.45) is 2.70. The van der Waals surface area contributed by atoms with E-state index in [4.69, 9.17) is 5.73 Å². The molecular weight excluding hydrogens is 282 g/mol. The van der Waals surface area contributed by atoms with Crippen LogP contribution in [0.1, 0.15) is 0 Å². The maximum atomic E-state index is 13.9. The number of aromatic nitrogens is 5. The van der Waals surface area contributed by atoms with Crippen LogP contribution in [-0.4, -0.2) is 24.7 Å². The van der Waals surface area contributed by atoms with Gasteiger partial charge in [-0.25, -0.2) is 33.2 Å². The third-order valence-electron chi connectivity index (χ3n) is 2.78. The highest BCUT2D eigenvalue weighted by molar-refractivity contribution is 5.64. The van der Waals surface area contributed by atoms with Crippen LogP contribution in [0.4, 0.5) is 14.6 Å². The van der Waals surface area contributed by atoms with Gasteiger partial charge in [0.25, 0.3) is 0 Å². The molecule has 0 aliphatic carbocycles. The Labute approximate surface area is 116 Å². The Morgan fingerprint density at radius 2 is 1.95 bits per heavy atom. The molecule has 21 heavy (non-hydrogen) atoms. The van der Waals surface area contributed by atoms with Crippen molar-refractivity contribution >= 4 is 5.82 Å². The van der Waals surface area contributed by atoms with Crippen LogP contribution in [0, 0.1) is 11.6 Å². The Bertz CT molecular complexity index is 872. The van der Waals surface area contributed by atoms with Crippen molar-refractivity contribution in [1.29, 1.82) is 0 Å². The van der Waals surface area contributed by atoms with Crippen LogP contribution in [0.25, 0.3) is 17.2 Å². The highest BCUT2D eigenvalue weighted by Crippen LogP contribution is 2.22. The van der Waals surface area contributed by atoms with Crippen LogP contribution in [-0.2, 0) is 0 Å². The van der Waals surface area contributed by atoms with Crippen molar-refractivity contribution in [3.05, 3.63) is 52.7 Å². The molecule has 0 fully saturated rings. The minimum Gasteiger partial charge on any atom is -0.382 e. The normalized spacial score (nSPS) is 10.8. The van der Waals surface area contributed by atoms with Crippen LogP contribution in [0.5, 0.6) is 0 Å². The van der Waals surface area contributed by atoms with E-state index in [1.54, 1.807) is 0 Å². The predicted molar refractivity (Wildman–Crippen MR) is 69.5 cm³/mol. The summed E-state index contributed by atoms with van der Waals surface area (Å²) in [5, 5.41) is 5.90. The van der Waals surface area contributed by atoms with Gasteiger partial charge in [0, 0.05) is 12.4 Å². The second-order valence-electron chi connectivity index (χ2n) is 4.05. The fourth-order valence-electron chi connectivity index (χ4n) is 1.87. The molecule has 9 heteroatoms. The van der Waals surface area contributed by atoms with Crippen molar-refractivity contribution in [3.63, 3.8) is 0 Å². The van der Waals surface area contributed by atoms with Gasteiger partial charge >= 0.3 is 5.69 Å². The van der Waals surface area contributed by atoms with Gasteiger partial charge in [-0.3, -0.25) is 0 Å². The van der Waals surface area contributed by atoms with Crippen molar-refractivity contribution in [2.45, 2.75) is 0 Å². The first-order valence-electron chi connectivity index (χ1n) is 5.78. The molecule has 3 N–H and O–H groups in total. The van der Waals surface area contributed by atoms with Gasteiger partial charge in [0.05, 0.1) is 5.69 Å². The average Bonchev–Trinajstić information content (AvgIpc) is 2.84. The molecular formula is C12H8F2N6O. The molecule has 0 atom stereocenters. The largest absolute Gasteiger partial charge is 0.382 e. The quantitative estimate of drug-likeness (QED) is 0.729. The minimum atomic E-state index is -1.18. The molecule has 2 heterocycles. The second kappa shape index (κ2) is 4.78. The van der Waals surface area contributed by atoms with E-state index in [2.05, 4.69) is 20.2 Å². The van der Waals surface area contributed by atoms with Crippen molar-refractivity contribution in [2.24, 2.45) is 0 Å². The van der Waals surface area contributed by atoms with Gasteiger partial charge in [-0.1, -0.05) is 6.07 Å². The standard InChI is InChI=1S/C12H8F2N6O/c13-6-2-1-3-7(8(6)14)20-11(18-19-12(20)21)9-10(15)17-5-4-16-9/h1-5H,(H2,15,17)(H,19,21). The molecule has 0 aliphatic heterocycles. The molecule has 0 spiro atoms. The third-order valence-corrected chi connectivity index (χ3v) is 2.78. The van der Waals surface area contributed by atoms with E-state index in [0.29, 0.717) is 0 Å². The molecule has 3 aromatic rings. The lowest BCUT2D eigenvalue weighted by molar-refractivity contribution is 0.504. The summed E-state index contributed by atoms with van der Waals surface area (Å²) < 4.78 is 28.1. The Kier molecular flexibility index (Phi) is 2.94. The topological polar surface area (TPSA) is 102 Å². The van der Waals surface area contributed by atoms with Crippen LogP contribution in [0.2, 0.25) is 0 Å². The monoisotopic (exact) mass is 290 g/mol. The second-order valence-corrected chi connectivity index (χ2v) is 4.05. The highest BCUT2D eigenvalue weighted by atomic mass is 19.2. The molecule has 0 amide bonds. The van der Waals surface area contributed by atoms with Gasteiger partial charge < -0.3 is 5.73 Å². The molecule has 3 rings (SSSR count). The molecule has 1 aromatic carbocycles. The van der Waals surface area contributed by atoms with Gasteiger partial charge in [-0.05, 0) is 12.1 Å². The van der Waals surface area contributed by atoms with Crippen LogP contribution in [0.3, 0.4) is 0 Å². The van der Waals surface area contributed by atoms with E-state index in [0.717, 1.165) is 10.6 Å². The zero-order valence-electron chi connectivity index (χ0n) is 10.4. The summed E-state index contributed by atoms with van der Waals surface area (Å²) in [4.78, 5) is 19.6. The molecule has 0 unspecified atom stereocenters. The number of hydrogen-bond donors (Lipinski definition) is 2.